The molecular formula is C11H13N3O3. The van der Waals surface area contributed by atoms with Gasteiger partial charge in [0.25, 0.3) is 5.91 Å². The Morgan fingerprint density at radius 1 is 1.53 bits per heavy atom. The molecule has 1 aromatic heterocycles. The van der Waals surface area contributed by atoms with E-state index in [9.17, 15) is 9.59 Å². The Morgan fingerprint density at radius 3 is 2.94 bits per heavy atom. The number of aromatic nitrogens is 2. The lowest BCUT2D eigenvalue weighted by Gasteiger charge is -2.25. The Balaban J connectivity index is 2.22. The van der Waals surface area contributed by atoms with Crippen LogP contribution >= 0.6 is 0 Å². The SMILES string of the molecule is CC1=CCCN(C(=O)c2nc[nH]c2C(=O)O)C1. The predicted octanol–water partition coefficient (Wildman–Crippen LogP) is 0.900. The summed E-state index contributed by atoms with van der Waals surface area (Å²) in [5.74, 6) is -1.51. The Morgan fingerprint density at radius 2 is 2.29 bits per heavy atom. The average molecular weight is 235 g/mol. The molecule has 0 aromatic carbocycles. The Labute approximate surface area is 98.0 Å². The van der Waals surface area contributed by atoms with Crippen LogP contribution < -0.4 is 0 Å². The van der Waals surface area contributed by atoms with Gasteiger partial charge in [-0.1, -0.05) is 11.6 Å². The van der Waals surface area contributed by atoms with E-state index in [-0.39, 0.29) is 17.3 Å². The molecule has 1 amide bonds. The van der Waals surface area contributed by atoms with Crippen molar-refractivity contribution in [3.63, 3.8) is 0 Å². The second kappa shape index (κ2) is 4.40. The van der Waals surface area contributed by atoms with Gasteiger partial charge in [0, 0.05) is 13.1 Å². The highest BCUT2D eigenvalue weighted by molar-refractivity contribution is 6.02. The van der Waals surface area contributed by atoms with E-state index in [0.717, 1.165) is 12.0 Å². The molecule has 0 fully saturated rings. The molecule has 0 bridgehead atoms. The van der Waals surface area contributed by atoms with Gasteiger partial charge in [-0.15, -0.1) is 0 Å². The molecule has 0 radical (unpaired) electrons. The summed E-state index contributed by atoms with van der Waals surface area (Å²) in [4.78, 5) is 30.8. The third-order valence-electron chi connectivity index (χ3n) is 2.68. The maximum atomic E-state index is 12.1. The number of H-pyrrole nitrogens is 1. The van der Waals surface area contributed by atoms with Crippen LogP contribution in [0.15, 0.2) is 18.0 Å². The van der Waals surface area contributed by atoms with Gasteiger partial charge in [-0.3, -0.25) is 4.79 Å². The van der Waals surface area contributed by atoms with Crippen LogP contribution in [0.5, 0.6) is 0 Å². The Hall–Kier alpha value is -2.11. The molecule has 17 heavy (non-hydrogen) atoms. The molecule has 2 heterocycles. The van der Waals surface area contributed by atoms with Crippen molar-refractivity contribution >= 4 is 11.9 Å². The molecule has 1 aliphatic rings. The molecule has 90 valence electrons. The number of carboxylic acid groups (broad SMARTS) is 1. The fourth-order valence-corrected chi connectivity index (χ4v) is 1.85. The van der Waals surface area contributed by atoms with Gasteiger partial charge < -0.3 is 15.0 Å². The van der Waals surface area contributed by atoms with Crippen molar-refractivity contribution < 1.29 is 14.7 Å². The summed E-state index contributed by atoms with van der Waals surface area (Å²) < 4.78 is 0. The molecule has 0 aliphatic carbocycles. The van der Waals surface area contributed by atoms with Crippen molar-refractivity contribution in [3.05, 3.63) is 29.4 Å². The highest BCUT2D eigenvalue weighted by atomic mass is 16.4. The van der Waals surface area contributed by atoms with E-state index in [2.05, 4.69) is 16.0 Å². The monoisotopic (exact) mass is 235 g/mol. The number of carbonyl (C=O) groups excluding carboxylic acids is 1. The van der Waals surface area contributed by atoms with Crippen LogP contribution in [0.4, 0.5) is 0 Å². The summed E-state index contributed by atoms with van der Waals surface area (Å²) in [7, 11) is 0. The number of hydrogen-bond acceptors (Lipinski definition) is 3. The summed E-state index contributed by atoms with van der Waals surface area (Å²) in [6, 6.07) is 0. The van der Waals surface area contributed by atoms with E-state index in [1.165, 1.54) is 6.33 Å². The zero-order valence-electron chi connectivity index (χ0n) is 9.43. The van der Waals surface area contributed by atoms with Gasteiger partial charge >= 0.3 is 5.97 Å². The smallest absolute Gasteiger partial charge is 0.354 e. The lowest BCUT2D eigenvalue weighted by atomic mass is 10.1. The van der Waals surface area contributed by atoms with E-state index in [1.54, 1.807) is 4.90 Å². The highest BCUT2D eigenvalue weighted by Crippen LogP contribution is 2.13. The molecule has 0 spiro atoms. The fourth-order valence-electron chi connectivity index (χ4n) is 1.85. The number of imidazole rings is 1. The molecule has 6 nitrogen and oxygen atoms in total. The number of amides is 1. The maximum absolute atomic E-state index is 12.1. The van der Waals surface area contributed by atoms with Gasteiger partial charge in [0.05, 0.1) is 6.33 Å². The quantitative estimate of drug-likeness (QED) is 0.746. The van der Waals surface area contributed by atoms with Crippen LogP contribution in [0.3, 0.4) is 0 Å². The number of nitrogens with one attached hydrogen (secondary N) is 1. The maximum Gasteiger partial charge on any atom is 0.354 e. The van der Waals surface area contributed by atoms with Gasteiger partial charge in [-0.25, -0.2) is 9.78 Å². The van der Waals surface area contributed by atoms with Crippen molar-refractivity contribution in [2.24, 2.45) is 0 Å². The average Bonchev–Trinajstić information content (AvgIpc) is 2.77. The summed E-state index contributed by atoms with van der Waals surface area (Å²) in [6.07, 6.45) is 4.10. The number of carbonyl (C=O) groups is 2. The Bertz CT molecular complexity index is 490. The minimum Gasteiger partial charge on any atom is -0.477 e. The lowest BCUT2D eigenvalue weighted by Crippen LogP contribution is -2.36. The fraction of sp³-hybridized carbons (Fsp3) is 0.364. The van der Waals surface area contributed by atoms with E-state index in [4.69, 9.17) is 5.11 Å². The van der Waals surface area contributed by atoms with E-state index >= 15 is 0 Å². The van der Waals surface area contributed by atoms with E-state index in [0.29, 0.717) is 13.1 Å². The van der Waals surface area contributed by atoms with Crippen molar-refractivity contribution in [1.29, 1.82) is 0 Å². The second-order valence-corrected chi connectivity index (χ2v) is 4.00. The predicted molar refractivity (Wildman–Crippen MR) is 59.8 cm³/mol. The zero-order valence-corrected chi connectivity index (χ0v) is 9.43. The van der Waals surface area contributed by atoms with Gasteiger partial charge in [0.2, 0.25) is 0 Å². The van der Waals surface area contributed by atoms with E-state index in [1.807, 2.05) is 6.92 Å². The first-order chi connectivity index (χ1) is 8.09. The number of aromatic amines is 1. The van der Waals surface area contributed by atoms with Crippen molar-refractivity contribution in [2.45, 2.75) is 13.3 Å². The van der Waals surface area contributed by atoms with Crippen molar-refractivity contribution in [2.75, 3.05) is 13.1 Å². The van der Waals surface area contributed by atoms with Crippen LogP contribution in [0.25, 0.3) is 0 Å². The second-order valence-electron chi connectivity index (χ2n) is 4.00. The zero-order chi connectivity index (χ0) is 12.4. The summed E-state index contributed by atoms with van der Waals surface area (Å²) in [5, 5.41) is 8.90. The summed E-state index contributed by atoms with van der Waals surface area (Å²) in [6.45, 7) is 3.08. The molecule has 0 unspecified atom stereocenters. The molecule has 0 saturated carbocycles. The van der Waals surface area contributed by atoms with Crippen LogP contribution in [0, 0.1) is 0 Å². The molecule has 2 N–H and O–H groups in total. The normalized spacial score (nSPS) is 15.6. The topological polar surface area (TPSA) is 86.3 Å². The van der Waals surface area contributed by atoms with Crippen molar-refractivity contribution in [3.8, 4) is 0 Å². The lowest BCUT2D eigenvalue weighted by molar-refractivity contribution is 0.0670. The van der Waals surface area contributed by atoms with Gasteiger partial charge in [-0.05, 0) is 13.3 Å². The molecule has 6 heteroatoms. The van der Waals surface area contributed by atoms with Gasteiger partial charge in [0.15, 0.2) is 11.4 Å². The molecule has 1 aliphatic heterocycles. The first kappa shape index (κ1) is 11.4. The highest BCUT2D eigenvalue weighted by Gasteiger charge is 2.25. The largest absolute Gasteiger partial charge is 0.477 e. The first-order valence-electron chi connectivity index (χ1n) is 5.31. The molecular weight excluding hydrogens is 222 g/mol. The molecule has 2 rings (SSSR count). The molecule has 1 aromatic rings. The standard InChI is InChI=1S/C11H13N3O3/c1-7-3-2-4-14(5-7)10(15)8-9(11(16)17)13-6-12-8/h3,6H,2,4-5H2,1H3,(H,12,13)(H,16,17). The van der Waals surface area contributed by atoms with Gasteiger partial charge in [-0.2, -0.15) is 0 Å². The number of carboxylic acids is 1. The molecule has 0 saturated heterocycles. The first-order valence-corrected chi connectivity index (χ1v) is 5.31. The van der Waals surface area contributed by atoms with Crippen LogP contribution in [0.2, 0.25) is 0 Å². The molecule has 0 atom stereocenters. The van der Waals surface area contributed by atoms with Crippen molar-refractivity contribution in [1.82, 2.24) is 14.9 Å². The van der Waals surface area contributed by atoms with Crippen LogP contribution in [-0.4, -0.2) is 44.9 Å². The minimum atomic E-state index is -1.17. The van der Waals surface area contributed by atoms with Crippen LogP contribution in [-0.2, 0) is 0 Å². The minimum absolute atomic E-state index is 0.0211. The third-order valence-corrected chi connectivity index (χ3v) is 2.68. The number of hydrogen-bond donors (Lipinski definition) is 2. The Kier molecular flexibility index (Phi) is 2.95. The van der Waals surface area contributed by atoms with Crippen LogP contribution in [0.1, 0.15) is 34.3 Å². The number of aromatic carboxylic acids is 1. The third kappa shape index (κ3) is 2.20. The summed E-state index contributed by atoms with van der Waals surface area (Å²) >= 11 is 0. The van der Waals surface area contributed by atoms with E-state index < -0.39 is 5.97 Å². The summed E-state index contributed by atoms with van der Waals surface area (Å²) in [5.41, 5.74) is 0.936. The van der Waals surface area contributed by atoms with Gasteiger partial charge in [0.1, 0.15) is 0 Å². The number of rotatable bonds is 2. The number of nitrogens with zero attached hydrogens (tertiary/aromatic N) is 2.